The summed E-state index contributed by atoms with van der Waals surface area (Å²) in [5, 5.41) is 0.273. The summed E-state index contributed by atoms with van der Waals surface area (Å²) in [6.45, 7) is 1.43. The molecule has 0 radical (unpaired) electrons. The Morgan fingerprint density at radius 3 is 2.37 bits per heavy atom. The van der Waals surface area contributed by atoms with Gasteiger partial charge in [0, 0.05) is 25.1 Å². The minimum atomic E-state index is -4.59. The molecule has 4 aromatic rings. The number of hydrogen-bond donors (Lipinski definition) is 0. The number of hydrogen-bond acceptors (Lipinski definition) is 6. The molecule has 0 bridgehead atoms. The molecule has 0 atom stereocenters. The quantitative estimate of drug-likeness (QED) is 0.202. The Kier molecular flexibility index (Phi) is 7.38. The fourth-order valence-corrected chi connectivity index (χ4v) is 4.90. The lowest BCUT2D eigenvalue weighted by Gasteiger charge is -2.23. The monoisotopic (exact) mass is 583 g/mol. The maximum Gasteiger partial charge on any atom is 0.417 e. The molecule has 1 aliphatic carbocycles. The first-order chi connectivity index (χ1) is 19.7. The molecule has 1 aromatic heterocycles. The maximum absolute atomic E-state index is 13.2. The van der Waals surface area contributed by atoms with Crippen LogP contribution in [0, 0.1) is 5.92 Å². The molecule has 6 nitrogen and oxygen atoms in total. The fraction of sp³-hybridized carbons (Fsp3) is 0.290. The molecular weight excluding hydrogens is 559 g/mol. The van der Waals surface area contributed by atoms with Crippen LogP contribution in [0.5, 0.6) is 28.7 Å². The molecule has 0 unspecified atom stereocenters. The Bertz CT molecular complexity index is 1600. The Morgan fingerprint density at radius 2 is 1.63 bits per heavy atom. The Balaban J connectivity index is 1.17. The Morgan fingerprint density at radius 1 is 0.927 bits per heavy atom. The van der Waals surface area contributed by atoms with Crippen molar-refractivity contribution in [3.63, 3.8) is 0 Å². The molecule has 41 heavy (non-hydrogen) atoms. The highest BCUT2D eigenvalue weighted by Gasteiger charge is 2.33. The zero-order valence-corrected chi connectivity index (χ0v) is 22.6. The van der Waals surface area contributed by atoms with Gasteiger partial charge >= 0.3 is 6.18 Å². The van der Waals surface area contributed by atoms with Gasteiger partial charge < -0.3 is 18.9 Å². The van der Waals surface area contributed by atoms with Gasteiger partial charge in [0.25, 0.3) is 0 Å². The molecule has 2 aliphatic rings. The molecule has 1 fully saturated rings. The molecule has 6 rings (SSSR count). The third-order valence-corrected chi connectivity index (χ3v) is 7.23. The van der Waals surface area contributed by atoms with Gasteiger partial charge in [-0.2, -0.15) is 13.2 Å². The third kappa shape index (κ3) is 6.20. The summed E-state index contributed by atoms with van der Waals surface area (Å²) in [4.78, 5) is 17.1. The lowest BCUT2D eigenvalue weighted by atomic mass is 10.0. The molecule has 10 heteroatoms. The molecule has 0 saturated heterocycles. The van der Waals surface area contributed by atoms with Gasteiger partial charge in [0.2, 0.25) is 5.75 Å². The van der Waals surface area contributed by atoms with Gasteiger partial charge in [-0.05, 0) is 60.2 Å². The smallest absolute Gasteiger partial charge is 0.417 e. The highest BCUT2D eigenvalue weighted by molar-refractivity contribution is 6.31. The summed E-state index contributed by atoms with van der Waals surface area (Å²) in [5.41, 5.74) is 0.663. The van der Waals surface area contributed by atoms with Crippen molar-refractivity contribution in [1.82, 2.24) is 4.98 Å². The van der Waals surface area contributed by atoms with E-state index in [4.69, 9.17) is 30.5 Å². The number of benzene rings is 3. The van der Waals surface area contributed by atoms with E-state index in [-0.39, 0.29) is 24.2 Å². The molecule has 3 aromatic carbocycles. The van der Waals surface area contributed by atoms with Gasteiger partial charge in [-0.1, -0.05) is 29.8 Å². The number of ketones is 1. The molecule has 0 spiro atoms. The summed E-state index contributed by atoms with van der Waals surface area (Å²) in [7, 11) is 0. The highest BCUT2D eigenvalue weighted by atomic mass is 35.5. The largest absolute Gasteiger partial charge is 0.489 e. The first-order valence-electron chi connectivity index (χ1n) is 13.2. The molecule has 2 heterocycles. The van der Waals surface area contributed by atoms with Crippen LogP contribution in [0.2, 0.25) is 5.02 Å². The SMILES string of the molecule is O=C(Cc1ccc(Oc2ccnc3cc(OCC4CC4)c4c(c23)OCCO4)cc1)Cc1ccc(Cl)c(C(F)(F)F)c1. The van der Waals surface area contributed by atoms with E-state index in [1.54, 1.807) is 36.5 Å². The second kappa shape index (κ2) is 11.1. The van der Waals surface area contributed by atoms with Gasteiger partial charge in [0.1, 0.15) is 30.5 Å². The molecule has 1 aliphatic heterocycles. The van der Waals surface area contributed by atoms with Crippen LogP contribution in [0.4, 0.5) is 13.2 Å². The first kappa shape index (κ1) is 27.2. The minimum absolute atomic E-state index is 0.0603. The molecule has 0 amide bonds. The van der Waals surface area contributed by atoms with Crippen molar-refractivity contribution < 1.29 is 36.9 Å². The van der Waals surface area contributed by atoms with Crippen molar-refractivity contribution in [2.45, 2.75) is 31.9 Å². The second-order valence-electron chi connectivity index (χ2n) is 10.1. The maximum atomic E-state index is 13.2. The number of carbonyl (C=O) groups excluding carboxylic acids is 1. The van der Waals surface area contributed by atoms with Crippen LogP contribution < -0.4 is 18.9 Å². The van der Waals surface area contributed by atoms with Crippen LogP contribution >= 0.6 is 11.6 Å². The van der Waals surface area contributed by atoms with Crippen molar-refractivity contribution in [3.8, 4) is 28.7 Å². The zero-order chi connectivity index (χ0) is 28.6. The van der Waals surface area contributed by atoms with Crippen molar-refractivity contribution in [2.24, 2.45) is 5.92 Å². The number of ether oxygens (including phenoxy) is 4. The van der Waals surface area contributed by atoms with Crippen molar-refractivity contribution >= 4 is 28.3 Å². The first-order valence-corrected chi connectivity index (χ1v) is 13.6. The molecule has 212 valence electrons. The van der Waals surface area contributed by atoms with Crippen molar-refractivity contribution in [2.75, 3.05) is 19.8 Å². The lowest BCUT2D eigenvalue weighted by Crippen LogP contribution is -2.17. The number of carbonyl (C=O) groups is 1. The van der Waals surface area contributed by atoms with Crippen molar-refractivity contribution in [1.29, 1.82) is 0 Å². The summed E-state index contributed by atoms with van der Waals surface area (Å²) < 4.78 is 63.6. The summed E-state index contributed by atoms with van der Waals surface area (Å²) >= 11 is 5.68. The summed E-state index contributed by atoms with van der Waals surface area (Å²) in [6, 6.07) is 14.1. The topological polar surface area (TPSA) is 66.9 Å². The average molecular weight is 584 g/mol. The number of halogens is 4. The van der Waals surface area contributed by atoms with Crippen LogP contribution in [0.15, 0.2) is 60.8 Å². The normalized spacial score (nSPS) is 14.6. The summed E-state index contributed by atoms with van der Waals surface area (Å²) in [5.74, 6) is 3.08. The fourth-order valence-electron chi connectivity index (χ4n) is 4.68. The number of aromatic nitrogens is 1. The number of pyridine rings is 1. The number of rotatable bonds is 9. The minimum Gasteiger partial charge on any atom is -0.489 e. The van der Waals surface area contributed by atoms with Gasteiger partial charge in [0.05, 0.1) is 28.1 Å². The standard InChI is InChI=1S/C31H25ClF3NO5/c32-24-8-5-20(15-23(24)31(33,34)35)14-21(37)13-18-3-6-22(7-4-18)41-26-9-10-36-25-16-27(40-17-19-1-2-19)29-30(28(25)26)39-12-11-38-29/h3-10,15-16,19H,1-2,11-14,17H2. The molecule has 1 saturated carbocycles. The van der Waals surface area contributed by atoms with Crippen LogP contribution in [0.1, 0.15) is 29.5 Å². The van der Waals surface area contributed by atoms with E-state index in [1.165, 1.54) is 18.9 Å². The zero-order valence-electron chi connectivity index (χ0n) is 21.8. The van der Waals surface area contributed by atoms with Crippen LogP contribution in [-0.4, -0.2) is 30.6 Å². The van der Waals surface area contributed by atoms with E-state index in [0.29, 0.717) is 71.0 Å². The third-order valence-electron chi connectivity index (χ3n) is 6.90. The number of nitrogens with zero attached hydrogens (tertiary/aromatic N) is 1. The van der Waals surface area contributed by atoms with Gasteiger partial charge in [-0.25, -0.2) is 0 Å². The van der Waals surface area contributed by atoms with Gasteiger partial charge in [0.15, 0.2) is 11.5 Å². The van der Waals surface area contributed by atoms with Gasteiger partial charge in [-0.15, -0.1) is 0 Å². The average Bonchev–Trinajstić information content (AvgIpc) is 3.78. The van der Waals surface area contributed by atoms with Crippen LogP contribution in [0.3, 0.4) is 0 Å². The second-order valence-corrected chi connectivity index (χ2v) is 10.5. The predicted molar refractivity (Wildman–Crippen MR) is 146 cm³/mol. The number of alkyl halides is 3. The number of fused-ring (bicyclic) bond motifs is 3. The summed E-state index contributed by atoms with van der Waals surface area (Å²) in [6.07, 6.45) is -0.683. The van der Waals surface area contributed by atoms with E-state index in [2.05, 4.69) is 4.98 Å². The molecular formula is C31H25ClF3NO5. The molecule has 0 N–H and O–H groups in total. The number of Topliss-reactive ketones (excluding diaryl/α,β-unsaturated/α-hetero) is 1. The van der Waals surface area contributed by atoms with Crippen LogP contribution in [0.25, 0.3) is 10.9 Å². The van der Waals surface area contributed by atoms with Crippen LogP contribution in [-0.2, 0) is 23.8 Å². The van der Waals surface area contributed by atoms with E-state index >= 15 is 0 Å². The Hall–Kier alpha value is -3.98. The highest BCUT2D eigenvalue weighted by Crippen LogP contribution is 2.49. The van der Waals surface area contributed by atoms with E-state index in [9.17, 15) is 18.0 Å². The van der Waals surface area contributed by atoms with Crippen molar-refractivity contribution in [3.05, 3.63) is 82.5 Å². The van der Waals surface area contributed by atoms with E-state index < -0.39 is 16.8 Å². The Labute approximate surface area is 239 Å². The van der Waals surface area contributed by atoms with E-state index in [1.807, 2.05) is 6.07 Å². The lowest BCUT2D eigenvalue weighted by molar-refractivity contribution is -0.137. The van der Waals surface area contributed by atoms with Gasteiger partial charge in [-0.3, -0.25) is 9.78 Å². The van der Waals surface area contributed by atoms with E-state index in [0.717, 1.165) is 12.1 Å². The predicted octanol–water partition coefficient (Wildman–Crippen LogP) is 7.61.